The summed E-state index contributed by atoms with van der Waals surface area (Å²) in [6.07, 6.45) is 8.55. The van der Waals surface area contributed by atoms with Gasteiger partial charge in [0.1, 0.15) is 0 Å². The number of hydrogen-bond acceptors (Lipinski definition) is 4. The Balaban J connectivity index is 1.53. The third-order valence-corrected chi connectivity index (χ3v) is 7.99. The number of likely N-dealkylation sites (tertiary alicyclic amines) is 1. The Labute approximate surface area is 167 Å². The predicted molar refractivity (Wildman–Crippen MR) is 112 cm³/mol. The summed E-state index contributed by atoms with van der Waals surface area (Å²) < 4.78 is 6.26. The predicted octanol–water partition coefficient (Wildman–Crippen LogP) is 5.19. The lowest BCUT2D eigenvalue weighted by molar-refractivity contribution is -0.00809. The molecule has 0 N–H and O–H groups in total. The van der Waals surface area contributed by atoms with Crippen LogP contribution in [0.3, 0.4) is 0 Å². The second kappa shape index (κ2) is 7.65. The Morgan fingerprint density at radius 2 is 2.11 bits per heavy atom. The van der Waals surface area contributed by atoms with Crippen molar-refractivity contribution >= 4 is 11.3 Å². The van der Waals surface area contributed by atoms with Crippen molar-refractivity contribution in [2.24, 2.45) is 5.41 Å². The van der Waals surface area contributed by atoms with Crippen molar-refractivity contribution in [1.82, 2.24) is 9.88 Å². The van der Waals surface area contributed by atoms with Gasteiger partial charge in [-0.3, -0.25) is 4.90 Å². The molecule has 0 saturated carbocycles. The average molecular weight is 385 g/mol. The summed E-state index contributed by atoms with van der Waals surface area (Å²) in [6, 6.07) is 10.9. The van der Waals surface area contributed by atoms with E-state index in [1.165, 1.54) is 36.1 Å². The Morgan fingerprint density at radius 3 is 2.78 bits per heavy atom. The van der Waals surface area contributed by atoms with Crippen molar-refractivity contribution in [2.75, 3.05) is 19.7 Å². The van der Waals surface area contributed by atoms with Gasteiger partial charge in [-0.05, 0) is 65.0 Å². The third-order valence-electron chi connectivity index (χ3n) is 6.77. The number of ether oxygens (including phenoxy) is 1. The molecule has 146 valence electrons. The Morgan fingerprint density at radius 1 is 1.30 bits per heavy atom. The maximum atomic E-state index is 6.26. The Hall–Kier alpha value is -1.23. The molecule has 2 atom stereocenters. The molecule has 3 nitrogen and oxygen atoms in total. The molecule has 1 aromatic heterocycles. The van der Waals surface area contributed by atoms with Crippen LogP contribution in [-0.2, 0) is 16.7 Å². The first-order valence-electron chi connectivity index (χ1n) is 10.3. The topological polar surface area (TPSA) is 25.4 Å². The van der Waals surface area contributed by atoms with Gasteiger partial charge in [0.15, 0.2) is 0 Å². The number of thiazole rings is 1. The van der Waals surface area contributed by atoms with Crippen molar-refractivity contribution in [3.05, 3.63) is 52.0 Å². The molecule has 3 heterocycles. The number of aromatic nitrogens is 1. The monoisotopic (exact) mass is 384 g/mol. The molecule has 2 saturated heterocycles. The molecule has 2 aromatic rings. The van der Waals surface area contributed by atoms with Crippen molar-refractivity contribution in [3.8, 4) is 0 Å². The highest BCUT2D eigenvalue weighted by molar-refractivity contribution is 7.11. The van der Waals surface area contributed by atoms with Gasteiger partial charge in [-0.15, -0.1) is 11.3 Å². The summed E-state index contributed by atoms with van der Waals surface area (Å²) in [5.74, 6) is 0. The lowest BCUT2D eigenvalue weighted by atomic mass is 9.75. The van der Waals surface area contributed by atoms with Crippen molar-refractivity contribution in [2.45, 2.75) is 64.5 Å². The fourth-order valence-electron chi connectivity index (χ4n) is 4.90. The lowest BCUT2D eigenvalue weighted by Gasteiger charge is -2.39. The normalized spacial score (nSPS) is 26.7. The summed E-state index contributed by atoms with van der Waals surface area (Å²) in [7, 11) is 0. The van der Waals surface area contributed by atoms with E-state index in [9.17, 15) is 0 Å². The molecule has 0 radical (unpaired) electrons. The van der Waals surface area contributed by atoms with E-state index in [0.29, 0.717) is 6.10 Å². The number of nitrogens with zero attached hydrogens (tertiary/aromatic N) is 2. The van der Waals surface area contributed by atoms with Crippen molar-refractivity contribution in [1.29, 1.82) is 0 Å². The molecular formula is C23H32N2OS. The number of benzene rings is 1. The van der Waals surface area contributed by atoms with Gasteiger partial charge in [0.25, 0.3) is 0 Å². The third kappa shape index (κ3) is 3.85. The van der Waals surface area contributed by atoms with Gasteiger partial charge in [-0.1, -0.05) is 30.3 Å². The molecule has 0 amide bonds. The van der Waals surface area contributed by atoms with Crippen molar-refractivity contribution in [3.63, 3.8) is 0 Å². The first-order chi connectivity index (χ1) is 13.0. The molecule has 2 aliphatic rings. The maximum Gasteiger partial charge on any atom is 0.0897 e. The molecule has 2 aliphatic heterocycles. The molecule has 1 aromatic carbocycles. The summed E-state index contributed by atoms with van der Waals surface area (Å²) in [5.41, 5.74) is 1.77. The van der Waals surface area contributed by atoms with Crippen LogP contribution in [-0.4, -0.2) is 35.7 Å². The maximum absolute atomic E-state index is 6.26. The first kappa shape index (κ1) is 19.1. The van der Waals surface area contributed by atoms with Crippen LogP contribution in [0.15, 0.2) is 36.5 Å². The van der Waals surface area contributed by atoms with Gasteiger partial charge >= 0.3 is 0 Å². The molecular weight excluding hydrogens is 352 g/mol. The highest BCUT2D eigenvalue weighted by Gasteiger charge is 2.49. The van der Waals surface area contributed by atoms with Gasteiger partial charge in [-0.2, -0.15) is 0 Å². The van der Waals surface area contributed by atoms with Gasteiger partial charge < -0.3 is 4.74 Å². The minimum absolute atomic E-state index is 0.0407. The standard InChI is InChI=1S/C23H32N2OS/c1-18-24-16-21(27-18)22(2,3)25-14-13-23(17-25,20-10-7-15-26-20)12-11-19-8-5-4-6-9-19/h4-6,8-9,16,20H,7,10-15,17H2,1-3H3. The van der Waals surface area contributed by atoms with E-state index in [-0.39, 0.29) is 11.0 Å². The summed E-state index contributed by atoms with van der Waals surface area (Å²) in [6.45, 7) is 10.1. The molecule has 4 rings (SSSR count). The molecule has 4 heteroatoms. The Bertz CT molecular complexity index is 751. The zero-order chi connectivity index (χ0) is 18.9. The molecule has 2 fully saturated rings. The van der Waals surface area contributed by atoms with Crippen LogP contribution in [0, 0.1) is 12.3 Å². The van der Waals surface area contributed by atoms with Gasteiger partial charge in [0.05, 0.1) is 16.7 Å². The minimum atomic E-state index is 0.0407. The van der Waals surface area contributed by atoms with E-state index in [4.69, 9.17) is 4.74 Å². The molecule has 27 heavy (non-hydrogen) atoms. The molecule has 0 aliphatic carbocycles. The SMILES string of the molecule is Cc1ncc(C(C)(C)N2CCC(CCc3ccccc3)(C3CCCO3)C2)s1. The van der Waals surface area contributed by atoms with E-state index >= 15 is 0 Å². The highest BCUT2D eigenvalue weighted by atomic mass is 32.1. The van der Waals surface area contributed by atoms with E-state index < -0.39 is 0 Å². The van der Waals surface area contributed by atoms with E-state index in [1.807, 2.05) is 11.3 Å². The Kier molecular flexibility index (Phi) is 5.41. The highest BCUT2D eigenvalue weighted by Crippen LogP contribution is 2.47. The van der Waals surface area contributed by atoms with E-state index in [0.717, 1.165) is 31.1 Å². The van der Waals surface area contributed by atoms with Gasteiger partial charge in [0.2, 0.25) is 0 Å². The fourth-order valence-corrected chi connectivity index (χ4v) is 5.81. The minimum Gasteiger partial charge on any atom is -0.378 e. The van der Waals surface area contributed by atoms with Crippen LogP contribution in [0.1, 0.15) is 55.0 Å². The molecule has 0 bridgehead atoms. The number of rotatable bonds is 6. The summed E-state index contributed by atoms with van der Waals surface area (Å²) >= 11 is 1.84. The quantitative estimate of drug-likeness (QED) is 0.685. The molecule has 0 spiro atoms. The van der Waals surface area contributed by atoms with E-state index in [1.54, 1.807) is 0 Å². The van der Waals surface area contributed by atoms with Crippen LogP contribution in [0.5, 0.6) is 0 Å². The zero-order valence-electron chi connectivity index (χ0n) is 16.9. The number of hydrogen-bond donors (Lipinski definition) is 0. The van der Waals surface area contributed by atoms with Gasteiger partial charge in [0, 0.05) is 29.6 Å². The van der Waals surface area contributed by atoms with Gasteiger partial charge in [-0.25, -0.2) is 4.98 Å². The average Bonchev–Trinajstić information content (AvgIpc) is 3.42. The second-order valence-electron chi connectivity index (χ2n) is 8.82. The van der Waals surface area contributed by atoms with Crippen LogP contribution >= 0.6 is 11.3 Å². The van der Waals surface area contributed by atoms with Crippen LogP contribution in [0.4, 0.5) is 0 Å². The van der Waals surface area contributed by atoms with Crippen LogP contribution in [0.25, 0.3) is 0 Å². The molecule has 2 unspecified atom stereocenters. The smallest absolute Gasteiger partial charge is 0.0897 e. The summed E-state index contributed by atoms with van der Waals surface area (Å²) in [4.78, 5) is 8.58. The van der Waals surface area contributed by atoms with Crippen molar-refractivity contribution < 1.29 is 4.74 Å². The first-order valence-corrected chi connectivity index (χ1v) is 11.1. The largest absolute Gasteiger partial charge is 0.378 e. The summed E-state index contributed by atoms with van der Waals surface area (Å²) in [5, 5.41) is 1.16. The van der Waals surface area contributed by atoms with Crippen LogP contribution < -0.4 is 0 Å². The fraction of sp³-hybridized carbons (Fsp3) is 0.609. The van der Waals surface area contributed by atoms with E-state index in [2.05, 4.69) is 67.2 Å². The number of aryl methyl sites for hydroxylation is 2. The second-order valence-corrected chi connectivity index (χ2v) is 10.1. The van der Waals surface area contributed by atoms with Crippen LogP contribution in [0.2, 0.25) is 0 Å². The zero-order valence-corrected chi connectivity index (χ0v) is 17.7. The lowest BCUT2D eigenvalue weighted by Crippen LogP contribution is -2.44.